The molecule has 1 amide bonds. The van der Waals surface area contributed by atoms with E-state index < -0.39 is 0 Å². The van der Waals surface area contributed by atoms with Gasteiger partial charge in [-0.05, 0) is 30.7 Å². The van der Waals surface area contributed by atoms with Crippen LogP contribution in [0.25, 0.3) is 0 Å². The van der Waals surface area contributed by atoms with Gasteiger partial charge in [0.25, 0.3) is 0 Å². The van der Waals surface area contributed by atoms with Crippen LogP contribution in [0.3, 0.4) is 0 Å². The number of nitrogens with zero attached hydrogens (tertiary/aromatic N) is 2. The van der Waals surface area contributed by atoms with Crippen molar-refractivity contribution in [2.75, 3.05) is 33.7 Å². The number of hydrogen-bond acceptors (Lipinski definition) is 2. The summed E-state index contributed by atoms with van der Waals surface area (Å²) >= 11 is 0. The Morgan fingerprint density at radius 3 is 2.42 bits per heavy atom. The Labute approximate surface area is 146 Å². The number of amides is 1. The molecule has 5 nitrogen and oxygen atoms in total. The number of benzene rings is 1. The molecule has 0 unspecified atom stereocenters. The molecular formula is C19H32N4O. The monoisotopic (exact) mass is 332 g/mol. The molecule has 1 rings (SSSR count). The average Bonchev–Trinajstić information content (AvgIpc) is 2.56. The van der Waals surface area contributed by atoms with E-state index in [0.717, 1.165) is 25.9 Å². The summed E-state index contributed by atoms with van der Waals surface area (Å²) in [5.41, 5.74) is 1.29. The van der Waals surface area contributed by atoms with E-state index in [4.69, 9.17) is 0 Å². The molecular weight excluding hydrogens is 300 g/mol. The summed E-state index contributed by atoms with van der Waals surface area (Å²) in [5, 5.41) is 6.64. The molecule has 2 N–H and O–H groups in total. The van der Waals surface area contributed by atoms with Gasteiger partial charge in [0, 0.05) is 27.2 Å². The fraction of sp³-hybridized carbons (Fsp3) is 0.579. The van der Waals surface area contributed by atoms with E-state index in [0.29, 0.717) is 11.9 Å². The number of likely N-dealkylation sites (N-methyl/N-ethyl adjacent to an activating group) is 1. The maximum Gasteiger partial charge on any atom is 0.243 e. The van der Waals surface area contributed by atoms with E-state index in [2.05, 4.69) is 41.6 Å². The highest BCUT2D eigenvalue weighted by atomic mass is 16.2. The molecule has 0 saturated carbocycles. The maximum absolute atomic E-state index is 11.7. The standard InChI is InChI=1S/C19H32N4O/c1-16(2)9-8-13-20-19(22-15-18(24)23(3)4)21-14-12-17-10-6-5-7-11-17/h5-7,10-11,16H,8-9,12-15H2,1-4H3,(H2,20,21,22). The van der Waals surface area contributed by atoms with E-state index in [1.54, 1.807) is 19.0 Å². The van der Waals surface area contributed by atoms with E-state index in [9.17, 15) is 4.79 Å². The molecule has 1 aromatic rings. The first-order chi connectivity index (χ1) is 11.5. The minimum atomic E-state index is 0.00124. The highest BCUT2D eigenvalue weighted by Gasteiger charge is 2.04. The second-order valence-corrected chi connectivity index (χ2v) is 6.58. The molecule has 24 heavy (non-hydrogen) atoms. The Kier molecular flexibility index (Phi) is 9.58. The smallest absolute Gasteiger partial charge is 0.243 e. The van der Waals surface area contributed by atoms with E-state index in [1.807, 2.05) is 18.2 Å². The van der Waals surface area contributed by atoms with E-state index >= 15 is 0 Å². The Balaban J connectivity index is 2.46. The van der Waals surface area contributed by atoms with Crippen LogP contribution in [0.4, 0.5) is 0 Å². The van der Waals surface area contributed by atoms with Gasteiger partial charge in [0.1, 0.15) is 6.54 Å². The van der Waals surface area contributed by atoms with Crippen LogP contribution in [0, 0.1) is 5.92 Å². The summed E-state index contributed by atoms with van der Waals surface area (Å²) in [6.07, 6.45) is 3.20. The molecule has 0 aliphatic heterocycles. The van der Waals surface area contributed by atoms with Gasteiger partial charge in [-0.1, -0.05) is 44.2 Å². The SMILES string of the molecule is CC(C)CCCNC(=NCC(=O)N(C)C)NCCc1ccccc1. The molecule has 0 aliphatic carbocycles. The summed E-state index contributed by atoms with van der Waals surface area (Å²) in [5.74, 6) is 1.42. The molecule has 0 spiro atoms. The Morgan fingerprint density at radius 1 is 1.12 bits per heavy atom. The zero-order chi connectivity index (χ0) is 17.8. The van der Waals surface area contributed by atoms with Crippen molar-refractivity contribution in [1.29, 1.82) is 0 Å². The van der Waals surface area contributed by atoms with Crippen molar-refractivity contribution in [3.05, 3.63) is 35.9 Å². The number of guanidine groups is 1. The third-order valence-electron chi connectivity index (χ3n) is 3.67. The van der Waals surface area contributed by atoms with E-state index in [1.165, 1.54) is 12.0 Å². The second kappa shape index (κ2) is 11.5. The molecule has 0 bridgehead atoms. The van der Waals surface area contributed by atoms with Crippen LogP contribution in [0.5, 0.6) is 0 Å². The zero-order valence-corrected chi connectivity index (χ0v) is 15.5. The van der Waals surface area contributed by atoms with Gasteiger partial charge < -0.3 is 15.5 Å². The molecule has 0 radical (unpaired) electrons. The van der Waals surface area contributed by atoms with Crippen LogP contribution in [0.2, 0.25) is 0 Å². The molecule has 0 atom stereocenters. The first kappa shape index (κ1) is 20.0. The van der Waals surface area contributed by atoms with Crippen molar-refractivity contribution in [3.8, 4) is 0 Å². The number of hydrogen-bond donors (Lipinski definition) is 2. The molecule has 0 aromatic heterocycles. The third-order valence-corrected chi connectivity index (χ3v) is 3.67. The predicted molar refractivity (Wildman–Crippen MR) is 101 cm³/mol. The maximum atomic E-state index is 11.7. The topological polar surface area (TPSA) is 56.7 Å². The number of nitrogens with one attached hydrogen (secondary N) is 2. The summed E-state index contributed by atoms with van der Waals surface area (Å²) in [7, 11) is 3.49. The van der Waals surface area contributed by atoms with Crippen molar-refractivity contribution in [2.24, 2.45) is 10.9 Å². The Morgan fingerprint density at radius 2 is 1.79 bits per heavy atom. The van der Waals surface area contributed by atoms with Gasteiger partial charge in [-0.15, -0.1) is 0 Å². The molecule has 5 heteroatoms. The van der Waals surface area contributed by atoms with Gasteiger partial charge in [0.05, 0.1) is 0 Å². The fourth-order valence-electron chi connectivity index (χ4n) is 2.15. The van der Waals surface area contributed by atoms with Gasteiger partial charge in [0.15, 0.2) is 5.96 Å². The van der Waals surface area contributed by atoms with Crippen LogP contribution in [-0.2, 0) is 11.2 Å². The van der Waals surface area contributed by atoms with Gasteiger partial charge in [-0.3, -0.25) is 4.79 Å². The predicted octanol–water partition coefficient (Wildman–Crippen LogP) is 2.29. The zero-order valence-electron chi connectivity index (χ0n) is 15.5. The Hall–Kier alpha value is -2.04. The summed E-state index contributed by atoms with van der Waals surface area (Å²) in [6.45, 7) is 6.27. The largest absolute Gasteiger partial charge is 0.356 e. The van der Waals surface area contributed by atoms with E-state index in [-0.39, 0.29) is 12.5 Å². The summed E-state index contributed by atoms with van der Waals surface area (Å²) in [6, 6.07) is 10.3. The van der Waals surface area contributed by atoms with Crippen molar-refractivity contribution < 1.29 is 4.79 Å². The minimum absolute atomic E-state index is 0.00124. The second-order valence-electron chi connectivity index (χ2n) is 6.58. The minimum Gasteiger partial charge on any atom is -0.356 e. The Bertz CT molecular complexity index is 497. The van der Waals surface area contributed by atoms with Crippen molar-refractivity contribution in [1.82, 2.24) is 15.5 Å². The molecule has 1 aromatic carbocycles. The first-order valence-corrected chi connectivity index (χ1v) is 8.75. The number of carbonyl (C=O) groups excluding carboxylic acids is 1. The van der Waals surface area contributed by atoms with Crippen LogP contribution in [-0.4, -0.2) is 50.5 Å². The summed E-state index contributed by atoms with van der Waals surface area (Å²) in [4.78, 5) is 17.7. The first-order valence-electron chi connectivity index (χ1n) is 8.75. The molecule has 0 saturated heterocycles. The normalized spacial score (nSPS) is 11.5. The highest BCUT2D eigenvalue weighted by Crippen LogP contribution is 2.01. The molecule has 0 fully saturated rings. The molecule has 0 heterocycles. The molecule has 0 aliphatic rings. The number of aliphatic imine (C=N–C) groups is 1. The number of carbonyl (C=O) groups is 1. The van der Waals surface area contributed by atoms with Gasteiger partial charge in [0.2, 0.25) is 5.91 Å². The van der Waals surface area contributed by atoms with Gasteiger partial charge in [-0.25, -0.2) is 4.99 Å². The number of rotatable bonds is 9. The third kappa shape index (κ3) is 9.18. The molecule has 134 valence electrons. The lowest BCUT2D eigenvalue weighted by molar-refractivity contribution is -0.127. The van der Waals surface area contributed by atoms with Crippen LogP contribution in [0.15, 0.2) is 35.3 Å². The van der Waals surface area contributed by atoms with Crippen molar-refractivity contribution in [3.63, 3.8) is 0 Å². The van der Waals surface area contributed by atoms with Crippen LogP contribution in [0.1, 0.15) is 32.3 Å². The quantitative estimate of drug-likeness (QED) is 0.414. The van der Waals surface area contributed by atoms with Crippen LogP contribution >= 0.6 is 0 Å². The fourth-order valence-corrected chi connectivity index (χ4v) is 2.15. The van der Waals surface area contributed by atoms with Crippen molar-refractivity contribution in [2.45, 2.75) is 33.1 Å². The lowest BCUT2D eigenvalue weighted by atomic mass is 10.1. The van der Waals surface area contributed by atoms with Gasteiger partial charge >= 0.3 is 0 Å². The highest BCUT2D eigenvalue weighted by molar-refractivity contribution is 5.84. The van der Waals surface area contributed by atoms with Gasteiger partial charge in [-0.2, -0.15) is 0 Å². The van der Waals surface area contributed by atoms with Crippen LogP contribution < -0.4 is 10.6 Å². The lowest BCUT2D eigenvalue weighted by Gasteiger charge is -2.14. The summed E-state index contributed by atoms with van der Waals surface area (Å²) < 4.78 is 0. The average molecular weight is 332 g/mol. The van der Waals surface area contributed by atoms with Crippen molar-refractivity contribution >= 4 is 11.9 Å². The lowest BCUT2D eigenvalue weighted by Crippen LogP contribution is -2.40.